The molecule has 0 saturated heterocycles. The van der Waals surface area contributed by atoms with Crippen LogP contribution in [0.1, 0.15) is 38.2 Å². The van der Waals surface area contributed by atoms with E-state index in [2.05, 4.69) is 22.2 Å². The number of nitrogens with one attached hydrogen (secondary N) is 1. The summed E-state index contributed by atoms with van der Waals surface area (Å²) in [5, 5.41) is 2.87. The van der Waals surface area contributed by atoms with E-state index in [9.17, 15) is 13.2 Å². The second-order valence-corrected chi connectivity index (χ2v) is 4.99. The summed E-state index contributed by atoms with van der Waals surface area (Å²) >= 11 is 0. The molecule has 23 heavy (non-hydrogen) atoms. The number of hydrogen-bond acceptors (Lipinski definition) is 3. The summed E-state index contributed by atoms with van der Waals surface area (Å²) in [4.78, 5) is 7.77. The molecule has 0 radical (unpaired) electrons. The Hall–Kier alpha value is -1.99. The molecule has 0 aliphatic heterocycles. The summed E-state index contributed by atoms with van der Waals surface area (Å²) in [6.45, 7) is 3.45. The van der Waals surface area contributed by atoms with Gasteiger partial charge in [0.1, 0.15) is 6.61 Å². The standard InChI is InChI=1S/C15H23F3N4O/c1-2-3-4-5-8-20-14(19)21-9-10-23-13-7-6-12(11-22-13)15(16,17)18/h6-7,11H,2-5,8-10H2,1H3,(H3,19,20,21). The second kappa shape index (κ2) is 9.91. The van der Waals surface area contributed by atoms with Crippen LogP contribution in [0, 0.1) is 0 Å². The maximum Gasteiger partial charge on any atom is 0.417 e. The Labute approximate surface area is 134 Å². The van der Waals surface area contributed by atoms with Gasteiger partial charge in [-0.25, -0.2) is 4.98 Å². The van der Waals surface area contributed by atoms with Crippen LogP contribution in [-0.4, -0.2) is 30.6 Å². The monoisotopic (exact) mass is 332 g/mol. The van der Waals surface area contributed by atoms with Gasteiger partial charge in [-0.1, -0.05) is 26.2 Å². The molecule has 3 N–H and O–H groups in total. The first kappa shape index (κ1) is 19.1. The Morgan fingerprint density at radius 3 is 2.70 bits per heavy atom. The fraction of sp³-hybridized carbons (Fsp3) is 0.600. The number of hydrogen-bond donors (Lipinski definition) is 2. The third-order valence-corrected chi connectivity index (χ3v) is 3.02. The lowest BCUT2D eigenvalue weighted by Gasteiger charge is -2.09. The Morgan fingerprint density at radius 1 is 1.30 bits per heavy atom. The minimum Gasteiger partial charge on any atom is -0.476 e. The summed E-state index contributed by atoms with van der Waals surface area (Å²) in [5.74, 6) is 0.473. The van der Waals surface area contributed by atoms with Gasteiger partial charge in [-0.3, -0.25) is 4.99 Å². The Morgan fingerprint density at radius 2 is 2.09 bits per heavy atom. The number of unbranched alkanes of at least 4 members (excludes halogenated alkanes) is 3. The number of nitrogens with two attached hydrogens (primary N) is 1. The SMILES string of the molecule is CCCCCCN=C(N)NCCOc1ccc(C(F)(F)F)cn1. The molecule has 0 aliphatic rings. The number of aromatic nitrogens is 1. The van der Waals surface area contributed by atoms with Crippen molar-refractivity contribution >= 4 is 5.96 Å². The molecule has 5 nitrogen and oxygen atoms in total. The van der Waals surface area contributed by atoms with E-state index in [0.29, 0.717) is 19.0 Å². The van der Waals surface area contributed by atoms with E-state index in [1.54, 1.807) is 0 Å². The summed E-state index contributed by atoms with van der Waals surface area (Å²) in [6.07, 6.45) is 0.853. The van der Waals surface area contributed by atoms with Crippen molar-refractivity contribution in [3.63, 3.8) is 0 Å². The minimum atomic E-state index is -4.39. The van der Waals surface area contributed by atoms with Crippen molar-refractivity contribution in [1.29, 1.82) is 0 Å². The highest BCUT2D eigenvalue weighted by molar-refractivity contribution is 5.77. The minimum absolute atomic E-state index is 0.134. The van der Waals surface area contributed by atoms with Crippen molar-refractivity contribution in [3.05, 3.63) is 23.9 Å². The third-order valence-electron chi connectivity index (χ3n) is 3.02. The van der Waals surface area contributed by atoms with E-state index in [4.69, 9.17) is 10.5 Å². The number of pyridine rings is 1. The summed E-state index contributed by atoms with van der Waals surface area (Å²) in [5.41, 5.74) is 4.88. The fourth-order valence-electron chi connectivity index (χ4n) is 1.76. The number of guanidine groups is 1. The fourth-order valence-corrected chi connectivity index (χ4v) is 1.76. The van der Waals surface area contributed by atoms with E-state index in [-0.39, 0.29) is 12.5 Å². The highest BCUT2D eigenvalue weighted by atomic mass is 19.4. The lowest BCUT2D eigenvalue weighted by molar-refractivity contribution is -0.137. The predicted octanol–water partition coefficient (Wildman–Crippen LogP) is 2.96. The lowest BCUT2D eigenvalue weighted by Crippen LogP contribution is -2.34. The summed E-state index contributed by atoms with van der Waals surface area (Å²) in [6, 6.07) is 2.12. The number of alkyl halides is 3. The van der Waals surface area contributed by atoms with Crippen molar-refractivity contribution in [2.45, 2.75) is 38.8 Å². The third kappa shape index (κ3) is 8.27. The molecule has 0 unspecified atom stereocenters. The van der Waals surface area contributed by atoms with Gasteiger partial charge in [0.25, 0.3) is 0 Å². The van der Waals surface area contributed by atoms with Crippen LogP contribution in [0.5, 0.6) is 5.88 Å². The molecule has 1 heterocycles. The van der Waals surface area contributed by atoms with E-state index >= 15 is 0 Å². The topological polar surface area (TPSA) is 72.5 Å². The van der Waals surface area contributed by atoms with Crippen LogP contribution in [0.25, 0.3) is 0 Å². The van der Waals surface area contributed by atoms with E-state index < -0.39 is 11.7 Å². The van der Waals surface area contributed by atoms with E-state index in [1.807, 2.05) is 0 Å². The largest absolute Gasteiger partial charge is 0.476 e. The zero-order valence-electron chi connectivity index (χ0n) is 13.2. The molecule has 130 valence electrons. The van der Waals surface area contributed by atoms with Gasteiger partial charge in [-0.15, -0.1) is 0 Å². The van der Waals surface area contributed by atoms with Crippen LogP contribution in [0.15, 0.2) is 23.3 Å². The van der Waals surface area contributed by atoms with E-state index in [1.165, 1.54) is 18.9 Å². The first-order valence-electron chi connectivity index (χ1n) is 7.63. The molecule has 8 heteroatoms. The molecule has 1 rings (SSSR count). The normalized spacial score (nSPS) is 12.3. The van der Waals surface area contributed by atoms with Gasteiger partial charge in [0.2, 0.25) is 5.88 Å². The Bertz CT molecular complexity index is 475. The van der Waals surface area contributed by atoms with Crippen molar-refractivity contribution < 1.29 is 17.9 Å². The van der Waals surface area contributed by atoms with Gasteiger partial charge < -0.3 is 15.8 Å². The van der Waals surface area contributed by atoms with Crippen LogP contribution in [-0.2, 0) is 6.18 Å². The van der Waals surface area contributed by atoms with Crippen LogP contribution >= 0.6 is 0 Å². The van der Waals surface area contributed by atoms with Crippen LogP contribution < -0.4 is 15.8 Å². The highest BCUT2D eigenvalue weighted by Crippen LogP contribution is 2.29. The molecule has 0 amide bonds. The number of aliphatic imine (C=N–C) groups is 1. The Balaban J connectivity index is 2.20. The van der Waals surface area contributed by atoms with Crippen molar-refractivity contribution in [2.75, 3.05) is 19.7 Å². The quantitative estimate of drug-likeness (QED) is 0.414. The van der Waals surface area contributed by atoms with Gasteiger partial charge in [0, 0.05) is 18.8 Å². The van der Waals surface area contributed by atoms with Crippen molar-refractivity contribution in [2.24, 2.45) is 10.7 Å². The second-order valence-electron chi connectivity index (χ2n) is 4.99. The summed E-state index contributed by atoms with van der Waals surface area (Å²) in [7, 11) is 0. The molecule has 0 aliphatic carbocycles. The molecule has 0 bridgehead atoms. The lowest BCUT2D eigenvalue weighted by atomic mass is 10.2. The van der Waals surface area contributed by atoms with Gasteiger partial charge >= 0.3 is 6.18 Å². The van der Waals surface area contributed by atoms with Crippen LogP contribution in [0.4, 0.5) is 13.2 Å². The number of halogens is 3. The van der Waals surface area contributed by atoms with E-state index in [0.717, 1.165) is 25.1 Å². The number of nitrogens with zero attached hydrogens (tertiary/aromatic N) is 2. The van der Waals surface area contributed by atoms with Crippen molar-refractivity contribution in [1.82, 2.24) is 10.3 Å². The number of ether oxygens (including phenoxy) is 1. The van der Waals surface area contributed by atoms with Gasteiger partial charge in [-0.2, -0.15) is 13.2 Å². The maximum absolute atomic E-state index is 12.4. The van der Waals surface area contributed by atoms with Gasteiger partial charge in [0.05, 0.1) is 12.1 Å². The smallest absolute Gasteiger partial charge is 0.417 e. The molecule has 0 spiro atoms. The average molecular weight is 332 g/mol. The average Bonchev–Trinajstić information content (AvgIpc) is 2.51. The number of rotatable bonds is 9. The molecular weight excluding hydrogens is 309 g/mol. The maximum atomic E-state index is 12.4. The summed E-state index contributed by atoms with van der Waals surface area (Å²) < 4.78 is 42.3. The zero-order chi connectivity index (χ0) is 17.1. The van der Waals surface area contributed by atoms with Crippen LogP contribution in [0.2, 0.25) is 0 Å². The molecule has 1 aromatic heterocycles. The predicted molar refractivity (Wildman–Crippen MR) is 83.4 cm³/mol. The molecule has 1 aromatic rings. The van der Waals surface area contributed by atoms with Crippen molar-refractivity contribution in [3.8, 4) is 5.88 Å². The molecule has 0 atom stereocenters. The molecule has 0 fully saturated rings. The Kier molecular flexibility index (Phi) is 8.21. The van der Waals surface area contributed by atoms with Crippen LogP contribution in [0.3, 0.4) is 0 Å². The molecule has 0 aromatic carbocycles. The zero-order valence-corrected chi connectivity index (χ0v) is 13.2. The highest BCUT2D eigenvalue weighted by Gasteiger charge is 2.30. The molecule has 0 saturated carbocycles. The first-order valence-corrected chi connectivity index (χ1v) is 7.63. The van der Waals surface area contributed by atoms with Gasteiger partial charge in [-0.05, 0) is 12.5 Å². The first-order chi connectivity index (χ1) is 10.9. The molecular formula is C15H23F3N4O. The van der Waals surface area contributed by atoms with Gasteiger partial charge in [0.15, 0.2) is 5.96 Å².